The largest absolute Gasteiger partial charge is 0.497 e. The highest BCUT2D eigenvalue weighted by Gasteiger charge is 2.10. The van der Waals surface area contributed by atoms with Crippen LogP contribution in [-0.4, -0.2) is 24.7 Å². The molecule has 0 aliphatic rings. The molecule has 2 N–H and O–H groups in total. The molecule has 0 fully saturated rings. The first-order chi connectivity index (χ1) is 12.0. The molecule has 2 aromatic rings. The number of anilines is 1. The maximum absolute atomic E-state index is 12.0. The van der Waals surface area contributed by atoms with Crippen LogP contribution in [0.15, 0.2) is 48.5 Å². The van der Waals surface area contributed by atoms with E-state index in [4.69, 9.17) is 21.7 Å². The predicted molar refractivity (Wildman–Crippen MR) is 103 cm³/mol. The van der Waals surface area contributed by atoms with Crippen LogP contribution in [0.1, 0.15) is 25.3 Å². The Morgan fingerprint density at radius 3 is 2.64 bits per heavy atom. The second-order valence-corrected chi connectivity index (χ2v) is 6.12. The lowest BCUT2D eigenvalue weighted by Crippen LogP contribution is -2.37. The Bertz CT molecular complexity index is 747. The van der Waals surface area contributed by atoms with Crippen LogP contribution in [0.4, 0.5) is 5.69 Å². The first-order valence-corrected chi connectivity index (χ1v) is 8.37. The van der Waals surface area contributed by atoms with Gasteiger partial charge in [0.15, 0.2) is 11.7 Å². The van der Waals surface area contributed by atoms with Gasteiger partial charge in [-0.05, 0) is 41.9 Å². The minimum Gasteiger partial charge on any atom is -0.497 e. The molecule has 0 saturated heterocycles. The summed E-state index contributed by atoms with van der Waals surface area (Å²) >= 11 is 5.15. The van der Waals surface area contributed by atoms with E-state index in [2.05, 4.69) is 24.5 Å². The molecule has 2 rings (SSSR count). The number of ether oxygens (including phenoxy) is 2. The molecule has 0 atom stereocenters. The van der Waals surface area contributed by atoms with E-state index in [0.29, 0.717) is 17.4 Å². The summed E-state index contributed by atoms with van der Waals surface area (Å²) in [6.45, 7) is 4.05. The van der Waals surface area contributed by atoms with Gasteiger partial charge in [0, 0.05) is 11.8 Å². The molecule has 0 aliphatic carbocycles. The standard InChI is InChI=1S/C19H22N2O3S/c1-13(2)16-9-4-5-10-17(16)24-12-18(22)21-19(25)20-14-7-6-8-15(11-14)23-3/h4-11,13H,12H2,1-3H3,(H2,20,21,22,25). The number of para-hydroxylation sites is 1. The second-order valence-electron chi connectivity index (χ2n) is 5.72. The van der Waals surface area contributed by atoms with Gasteiger partial charge in [0.05, 0.1) is 7.11 Å². The number of hydrogen-bond donors (Lipinski definition) is 2. The number of carbonyl (C=O) groups is 1. The van der Waals surface area contributed by atoms with Crippen LogP contribution < -0.4 is 20.1 Å². The van der Waals surface area contributed by atoms with Crippen molar-refractivity contribution >= 4 is 28.9 Å². The highest BCUT2D eigenvalue weighted by Crippen LogP contribution is 2.25. The first kappa shape index (κ1) is 18.7. The van der Waals surface area contributed by atoms with Gasteiger partial charge in [-0.2, -0.15) is 0 Å². The molecule has 0 saturated carbocycles. The monoisotopic (exact) mass is 358 g/mol. The van der Waals surface area contributed by atoms with Gasteiger partial charge in [0.1, 0.15) is 11.5 Å². The summed E-state index contributed by atoms with van der Waals surface area (Å²) in [5, 5.41) is 5.75. The average molecular weight is 358 g/mol. The van der Waals surface area contributed by atoms with Crippen LogP contribution in [0.5, 0.6) is 11.5 Å². The third kappa shape index (κ3) is 5.76. The molecule has 0 unspecified atom stereocenters. The number of benzene rings is 2. The Morgan fingerprint density at radius 1 is 1.16 bits per heavy atom. The van der Waals surface area contributed by atoms with Crippen molar-refractivity contribution < 1.29 is 14.3 Å². The van der Waals surface area contributed by atoms with E-state index < -0.39 is 0 Å². The zero-order chi connectivity index (χ0) is 18.2. The Kier molecular flexibility index (Phi) is 6.77. The third-order valence-electron chi connectivity index (χ3n) is 3.48. The van der Waals surface area contributed by atoms with Gasteiger partial charge >= 0.3 is 0 Å². The molecule has 0 aliphatic heterocycles. The summed E-state index contributed by atoms with van der Waals surface area (Å²) in [6, 6.07) is 15.0. The minimum absolute atomic E-state index is 0.107. The molecule has 0 bridgehead atoms. The zero-order valence-electron chi connectivity index (χ0n) is 14.5. The number of carbonyl (C=O) groups excluding carboxylic acids is 1. The Labute approximate surface area is 153 Å². The fourth-order valence-corrected chi connectivity index (χ4v) is 2.49. The fraction of sp³-hybridized carbons (Fsp3) is 0.263. The topological polar surface area (TPSA) is 59.6 Å². The number of hydrogen-bond acceptors (Lipinski definition) is 4. The van der Waals surface area contributed by atoms with E-state index in [1.54, 1.807) is 13.2 Å². The molecule has 1 amide bonds. The summed E-state index contributed by atoms with van der Waals surface area (Å²) in [4.78, 5) is 12.0. The molecule has 2 aromatic carbocycles. The summed E-state index contributed by atoms with van der Waals surface area (Å²) < 4.78 is 10.8. The van der Waals surface area contributed by atoms with Crippen molar-refractivity contribution in [1.82, 2.24) is 5.32 Å². The van der Waals surface area contributed by atoms with E-state index in [0.717, 1.165) is 11.3 Å². The van der Waals surface area contributed by atoms with E-state index >= 15 is 0 Å². The van der Waals surface area contributed by atoms with Crippen molar-refractivity contribution in [3.8, 4) is 11.5 Å². The van der Waals surface area contributed by atoms with Crippen LogP contribution in [-0.2, 0) is 4.79 Å². The molecule has 25 heavy (non-hydrogen) atoms. The van der Waals surface area contributed by atoms with Crippen LogP contribution in [0.3, 0.4) is 0 Å². The zero-order valence-corrected chi connectivity index (χ0v) is 15.4. The number of thiocarbonyl (C=S) groups is 1. The van der Waals surface area contributed by atoms with Crippen LogP contribution >= 0.6 is 12.2 Å². The summed E-state index contributed by atoms with van der Waals surface area (Å²) in [5.41, 5.74) is 1.79. The van der Waals surface area contributed by atoms with E-state index in [-0.39, 0.29) is 17.6 Å². The maximum Gasteiger partial charge on any atom is 0.264 e. The third-order valence-corrected chi connectivity index (χ3v) is 3.68. The smallest absolute Gasteiger partial charge is 0.264 e. The fourth-order valence-electron chi connectivity index (χ4n) is 2.26. The molecule has 5 nitrogen and oxygen atoms in total. The second kappa shape index (κ2) is 9.03. The van der Waals surface area contributed by atoms with Gasteiger partial charge in [0.2, 0.25) is 0 Å². The molecule has 132 valence electrons. The quantitative estimate of drug-likeness (QED) is 0.771. The highest BCUT2D eigenvalue weighted by molar-refractivity contribution is 7.80. The van der Waals surface area contributed by atoms with Gasteiger partial charge in [-0.3, -0.25) is 10.1 Å². The molecule has 0 heterocycles. The van der Waals surface area contributed by atoms with Crippen LogP contribution in [0.2, 0.25) is 0 Å². The van der Waals surface area contributed by atoms with Gasteiger partial charge in [-0.15, -0.1) is 0 Å². The lowest BCUT2D eigenvalue weighted by Gasteiger charge is -2.14. The Hall–Kier alpha value is -2.60. The molecule has 6 heteroatoms. The van der Waals surface area contributed by atoms with E-state index in [1.807, 2.05) is 42.5 Å². The van der Waals surface area contributed by atoms with Crippen molar-refractivity contribution in [3.05, 3.63) is 54.1 Å². The van der Waals surface area contributed by atoms with Gasteiger partial charge in [0.25, 0.3) is 5.91 Å². The van der Waals surface area contributed by atoms with Gasteiger partial charge < -0.3 is 14.8 Å². The Balaban J connectivity index is 1.86. The first-order valence-electron chi connectivity index (χ1n) is 7.96. The maximum atomic E-state index is 12.0. The summed E-state index contributed by atoms with van der Waals surface area (Å²) in [7, 11) is 1.59. The number of methoxy groups -OCH3 is 1. The molecule has 0 aromatic heterocycles. The van der Waals surface area contributed by atoms with E-state index in [1.165, 1.54) is 0 Å². The number of amides is 1. The van der Waals surface area contributed by atoms with Crippen molar-refractivity contribution in [2.24, 2.45) is 0 Å². The average Bonchev–Trinajstić information content (AvgIpc) is 2.60. The predicted octanol–water partition coefficient (Wildman–Crippen LogP) is 3.71. The van der Waals surface area contributed by atoms with Crippen LogP contribution in [0, 0.1) is 0 Å². The van der Waals surface area contributed by atoms with Gasteiger partial charge in [-0.25, -0.2) is 0 Å². The summed E-state index contributed by atoms with van der Waals surface area (Å²) in [5.74, 6) is 1.40. The van der Waals surface area contributed by atoms with Crippen molar-refractivity contribution in [2.45, 2.75) is 19.8 Å². The Morgan fingerprint density at radius 2 is 1.92 bits per heavy atom. The lowest BCUT2D eigenvalue weighted by molar-refractivity contribution is -0.121. The minimum atomic E-state index is -0.320. The molecular weight excluding hydrogens is 336 g/mol. The van der Waals surface area contributed by atoms with Crippen molar-refractivity contribution in [3.63, 3.8) is 0 Å². The SMILES string of the molecule is COc1cccc(NC(=S)NC(=O)COc2ccccc2C(C)C)c1. The molecule has 0 spiro atoms. The molecular formula is C19H22N2O3S. The lowest BCUT2D eigenvalue weighted by atomic mass is 10.0. The normalized spacial score (nSPS) is 10.2. The highest BCUT2D eigenvalue weighted by atomic mass is 32.1. The number of rotatable bonds is 6. The van der Waals surface area contributed by atoms with E-state index in [9.17, 15) is 4.79 Å². The summed E-state index contributed by atoms with van der Waals surface area (Å²) in [6.07, 6.45) is 0. The van der Waals surface area contributed by atoms with Gasteiger partial charge in [-0.1, -0.05) is 38.1 Å². The van der Waals surface area contributed by atoms with Crippen LogP contribution in [0.25, 0.3) is 0 Å². The number of nitrogens with one attached hydrogen (secondary N) is 2. The van der Waals surface area contributed by atoms with Crippen molar-refractivity contribution in [2.75, 3.05) is 19.0 Å². The van der Waals surface area contributed by atoms with Crippen molar-refractivity contribution in [1.29, 1.82) is 0 Å². The molecule has 0 radical (unpaired) electrons.